The third kappa shape index (κ3) is 4.09. The van der Waals surface area contributed by atoms with Crippen LogP contribution in [-0.4, -0.2) is 41.8 Å². The summed E-state index contributed by atoms with van der Waals surface area (Å²) < 4.78 is 5.87. The molecule has 26 heavy (non-hydrogen) atoms. The zero-order chi connectivity index (χ0) is 18.5. The van der Waals surface area contributed by atoms with Gasteiger partial charge in [-0.25, -0.2) is 0 Å². The molecule has 5 N–H and O–H groups in total. The van der Waals surface area contributed by atoms with Gasteiger partial charge in [-0.1, -0.05) is 19.1 Å². The van der Waals surface area contributed by atoms with Crippen LogP contribution in [0.2, 0.25) is 0 Å². The second-order valence-corrected chi connectivity index (χ2v) is 6.50. The van der Waals surface area contributed by atoms with Crippen molar-refractivity contribution in [3.63, 3.8) is 0 Å². The number of nitrogens with two attached hydrogens (primary N) is 1. The van der Waals surface area contributed by atoms with E-state index >= 15 is 0 Å². The molecule has 8 heteroatoms. The van der Waals surface area contributed by atoms with E-state index in [4.69, 9.17) is 10.2 Å². The molecule has 2 aromatic rings. The summed E-state index contributed by atoms with van der Waals surface area (Å²) >= 11 is 0. The van der Waals surface area contributed by atoms with Crippen LogP contribution in [0.25, 0.3) is 11.5 Å². The molecule has 3 atom stereocenters. The van der Waals surface area contributed by atoms with E-state index in [2.05, 4.69) is 26.1 Å². The first-order valence-corrected chi connectivity index (χ1v) is 8.98. The topological polar surface area (TPSA) is 118 Å². The lowest BCUT2D eigenvalue weighted by atomic mass is 9.93. The molecule has 3 unspecified atom stereocenters. The van der Waals surface area contributed by atoms with Crippen molar-refractivity contribution >= 4 is 5.91 Å². The van der Waals surface area contributed by atoms with Gasteiger partial charge in [-0.3, -0.25) is 4.79 Å². The predicted molar refractivity (Wildman–Crippen MR) is 98.1 cm³/mol. The monoisotopic (exact) mass is 358 g/mol. The fraction of sp³-hybridized carbons (Fsp3) is 0.500. The van der Waals surface area contributed by atoms with Gasteiger partial charge in [0, 0.05) is 30.6 Å². The number of hydrogen-bond acceptors (Lipinski definition) is 7. The van der Waals surface area contributed by atoms with Crippen LogP contribution in [-0.2, 0) is 11.3 Å². The van der Waals surface area contributed by atoms with Gasteiger partial charge in [-0.05, 0) is 37.7 Å². The summed E-state index contributed by atoms with van der Waals surface area (Å²) in [7, 11) is 1.91. The first-order chi connectivity index (χ1) is 12.6. The Labute approximate surface area is 152 Å². The van der Waals surface area contributed by atoms with Gasteiger partial charge in [0.05, 0.1) is 0 Å². The molecule has 1 aromatic heterocycles. The molecule has 0 radical (unpaired) electrons. The molecule has 1 aliphatic rings. The zero-order valence-electron chi connectivity index (χ0n) is 15.2. The Kier molecular flexibility index (Phi) is 5.97. The zero-order valence-corrected chi connectivity index (χ0v) is 15.2. The molecule has 0 bridgehead atoms. The number of benzene rings is 1. The molecule has 1 saturated heterocycles. The Balaban J connectivity index is 1.73. The summed E-state index contributed by atoms with van der Waals surface area (Å²) in [5, 5.41) is 17.7. The number of nitrogens with zero attached hydrogens (tertiary/aromatic N) is 2. The summed E-state index contributed by atoms with van der Waals surface area (Å²) in [4.78, 5) is 11.7. The molecule has 1 aliphatic heterocycles. The van der Waals surface area contributed by atoms with Gasteiger partial charge in [0.15, 0.2) is 0 Å². The number of amides is 1. The van der Waals surface area contributed by atoms with Gasteiger partial charge in [-0.2, -0.15) is 0 Å². The minimum absolute atomic E-state index is 0.000947. The van der Waals surface area contributed by atoms with Crippen molar-refractivity contribution in [3.05, 3.63) is 35.7 Å². The fourth-order valence-electron chi connectivity index (χ4n) is 3.13. The van der Waals surface area contributed by atoms with E-state index in [1.54, 1.807) is 0 Å². The number of rotatable bonds is 6. The highest BCUT2D eigenvalue weighted by Crippen LogP contribution is 2.25. The Morgan fingerprint density at radius 3 is 2.81 bits per heavy atom. The maximum atomic E-state index is 11.7. The molecule has 0 aliphatic carbocycles. The maximum Gasteiger partial charge on any atom is 0.247 e. The van der Waals surface area contributed by atoms with E-state index in [1.165, 1.54) is 5.56 Å². The second kappa shape index (κ2) is 8.39. The van der Waals surface area contributed by atoms with Crippen molar-refractivity contribution in [2.24, 2.45) is 5.73 Å². The van der Waals surface area contributed by atoms with Gasteiger partial charge < -0.3 is 26.1 Å². The van der Waals surface area contributed by atoms with E-state index in [-0.39, 0.29) is 24.0 Å². The average molecular weight is 358 g/mol. The molecule has 1 fully saturated rings. The maximum absolute atomic E-state index is 11.7. The summed E-state index contributed by atoms with van der Waals surface area (Å²) in [6, 6.07) is 7.25. The SMILES string of the molecule is CCC(=O)NC1CCNC(c2nnc(-c3ccc(CNC)cc3)o2)C1N. The standard InChI is InChI=1S/C18H26N6O2/c1-3-14(25)22-13-8-9-21-16(15(13)19)18-24-23-17(26-18)12-6-4-11(5-7-12)10-20-2/h4-7,13,15-16,20-21H,3,8-10,19H2,1-2H3,(H,22,25). The minimum atomic E-state index is -0.328. The van der Waals surface area contributed by atoms with Crippen LogP contribution in [0.3, 0.4) is 0 Å². The summed E-state index contributed by atoms with van der Waals surface area (Å²) in [6.07, 6.45) is 1.22. The van der Waals surface area contributed by atoms with Crippen molar-refractivity contribution in [2.75, 3.05) is 13.6 Å². The van der Waals surface area contributed by atoms with Gasteiger partial charge in [0.25, 0.3) is 0 Å². The van der Waals surface area contributed by atoms with Gasteiger partial charge >= 0.3 is 0 Å². The summed E-state index contributed by atoms with van der Waals surface area (Å²) in [5.74, 6) is 0.908. The lowest BCUT2D eigenvalue weighted by Gasteiger charge is -2.35. The van der Waals surface area contributed by atoms with E-state index < -0.39 is 0 Å². The highest BCUT2D eigenvalue weighted by Gasteiger charge is 2.35. The van der Waals surface area contributed by atoms with E-state index in [1.807, 2.05) is 38.2 Å². The summed E-state index contributed by atoms with van der Waals surface area (Å²) in [6.45, 7) is 3.36. The normalized spacial score (nSPS) is 23.0. The number of hydrogen-bond donors (Lipinski definition) is 4. The van der Waals surface area contributed by atoms with E-state index in [0.29, 0.717) is 18.2 Å². The third-order valence-electron chi connectivity index (χ3n) is 4.63. The molecule has 2 heterocycles. The molecule has 1 aromatic carbocycles. The smallest absolute Gasteiger partial charge is 0.247 e. The van der Waals surface area contributed by atoms with Crippen LogP contribution < -0.4 is 21.7 Å². The molecule has 0 spiro atoms. The van der Waals surface area contributed by atoms with Gasteiger partial charge in [-0.15, -0.1) is 10.2 Å². The van der Waals surface area contributed by atoms with Crippen LogP contribution in [0.15, 0.2) is 28.7 Å². The minimum Gasteiger partial charge on any atom is -0.419 e. The summed E-state index contributed by atoms with van der Waals surface area (Å²) in [5.41, 5.74) is 8.39. The Hall–Kier alpha value is -2.29. The van der Waals surface area contributed by atoms with Crippen molar-refractivity contribution in [1.82, 2.24) is 26.1 Å². The molecule has 140 valence electrons. The molecule has 3 rings (SSSR count). The number of nitrogens with one attached hydrogen (secondary N) is 3. The van der Waals surface area contributed by atoms with Crippen molar-refractivity contribution < 1.29 is 9.21 Å². The largest absolute Gasteiger partial charge is 0.419 e. The number of carbonyl (C=O) groups is 1. The van der Waals surface area contributed by atoms with Crippen molar-refractivity contribution in [1.29, 1.82) is 0 Å². The second-order valence-electron chi connectivity index (χ2n) is 6.50. The highest BCUT2D eigenvalue weighted by atomic mass is 16.4. The van der Waals surface area contributed by atoms with Crippen molar-refractivity contribution in [3.8, 4) is 11.5 Å². The van der Waals surface area contributed by atoms with E-state index in [0.717, 1.165) is 25.1 Å². The molecule has 1 amide bonds. The van der Waals surface area contributed by atoms with E-state index in [9.17, 15) is 4.79 Å². The molecule has 8 nitrogen and oxygen atoms in total. The Morgan fingerprint density at radius 1 is 1.35 bits per heavy atom. The van der Waals surface area contributed by atoms with Gasteiger partial charge in [0.2, 0.25) is 17.7 Å². The Bertz CT molecular complexity index is 730. The molecular weight excluding hydrogens is 332 g/mol. The van der Waals surface area contributed by atoms with Crippen LogP contribution in [0.4, 0.5) is 0 Å². The first kappa shape index (κ1) is 18.5. The van der Waals surface area contributed by atoms with Crippen LogP contribution in [0.1, 0.15) is 37.3 Å². The highest BCUT2D eigenvalue weighted by molar-refractivity contribution is 5.75. The number of carbonyl (C=O) groups excluding carboxylic acids is 1. The van der Waals surface area contributed by atoms with Crippen LogP contribution in [0.5, 0.6) is 0 Å². The average Bonchev–Trinajstić information content (AvgIpc) is 3.14. The quantitative estimate of drug-likeness (QED) is 0.601. The van der Waals surface area contributed by atoms with Gasteiger partial charge in [0.1, 0.15) is 6.04 Å². The first-order valence-electron chi connectivity index (χ1n) is 8.98. The van der Waals surface area contributed by atoms with Crippen LogP contribution >= 0.6 is 0 Å². The molecular formula is C18H26N6O2. The lowest BCUT2D eigenvalue weighted by Crippen LogP contribution is -2.58. The Morgan fingerprint density at radius 2 is 2.12 bits per heavy atom. The van der Waals surface area contributed by atoms with Crippen LogP contribution in [0, 0.1) is 0 Å². The molecule has 0 saturated carbocycles. The number of aromatic nitrogens is 2. The predicted octanol–water partition coefficient (Wildman–Crippen LogP) is 0.713. The van der Waals surface area contributed by atoms with Crippen molar-refractivity contribution in [2.45, 2.75) is 44.4 Å². The lowest BCUT2D eigenvalue weighted by molar-refractivity contribution is -0.121. The third-order valence-corrected chi connectivity index (χ3v) is 4.63. The fourth-order valence-corrected chi connectivity index (χ4v) is 3.13. The number of piperidine rings is 1.